The van der Waals surface area contributed by atoms with Crippen LogP contribution in [0.2, 0.25) is 0 Å². The maximum atomic E-state index is 12.3. The van der Waals surface area contributed by atoms with Crippen molar-refractivity contribution in [1.82, 2.24) is 15.3 Å². The highest BCUT2D eigenvalue weighted by molar-refractivity contribution is 5.94. The first kappa shape index (κ1) is 15.0. The Morgan fingerprint density at radius 2 is 2.18 bits per heavy atom. The van der Waals surface area contributed by atoms with Crippen molar-refractivity contribution < 1.29 is 4.79 Å². The zero-order chi connectivity index (χ0) is 15.4. The second-order valence-electron chi connectivity index (χ2n) is 6.03. The topological polar surface area (TPSA) is 69.8 Å². The average Bonchev–Trinajstić information content (AvgIpc) is 2.95. The fourth-order valence-corrected chi connectivity index (χ4v) is 2.93. The molecule has 0 radical (unpaired) electrons. The number of unbranched alkanes of at least 4 members (excludes halogenated alkanes) is 1. The van der Waals surface area contributed by atoms with Gasteiger partial charge in [-0.25, -0.2) is 4.98 Å². The molecule has 22 heavy (non-hydrogen) atoms. The molecule has 3 N–H and O–H groups in total. The van der Waals surface area contributed by atoms with E-state index in [1.54, 1.807) is 0 Å². The smallest absolute Gasteiger partial charge is 0.227 e. The third-order valence-corrected chi connectivity index (χ3v) is 4.28. The fourth-order valence-electron chi connectivity index (χ4n) is 2.93. The number of carbonyl (C=O) groups is 1. The SMILES string of the molecule is CCCCc1nc2ccc(NC(=O)C3CCNCC3)cc2[nH]1. The van der Waals surface area contributed by atoms with Gasteiger partial charge in [-0.05, 0) is 50.6 Å². The number of hydrogen-bond donors (Lipinski definition) is 3. The molecular formula is C17H24N4O. The molecule has 3 rings (SSSR count). The summed E-state index contributed by atoms with van der Waals surface area (Å²) in [5.41, 5.74) is 2.81. The van der Waals surface area contributed by atoms with Gasteiger partial charge in [-0.2, -0.15) is 0 Å². The zero-order valence-electron chi connectivity index (χ0n) is 13.1. The molecule has 5 nitrogen and oxygen atoms in total. The van der Waals surface area contributed by atoms with E-state index in [0.717, 1.165) is 67.7 Å². The molecule has 2 heterocycles. The molecule has 1 saturated heterocycles. The Kier molecular flexibility index (Phi) is 4.73. The Hall–Kier alpha value is -1.88. The first-order valence-electron chi connectivity index (χ1n) is 8.26. The largest absolute Gasteiger partial charge is 0.342 e. The molecule has 1 fully saturated rings. The second-order valence-corrected chi connectivity index (χ2v) is 6.03. The molecule has 1 aliphatic rings. The number of hydrogen-bond acceptors (Lipinski definition) is 3. The zero-order valence-corrected chi connectivity index (χ0v) is 13.1. The van der Waals surface area contributed by atoms with Crippen molar-refractivity contribution in [2.24, 2.45) is 5.92 Å². The minimum Gasteiger partial charge on any atom is -0.342 e. The lowest BCUT2D eigenvalue weighted by Gasteiger charge is -2.21. The average molecular weight is 300 g/mol. The highest BCUT2D eigenvalue weighted by Crippen LogP contribution is 2.20. The van der Waals surface area contributed by atoms with Crippen molar-refractivity contribution in [3.63, 3.8) is 0 Å². The van der Waals surface area contributed by atoms with Crippen LogP contribution in [0.4, 0.5) is 5.69 Å². The summed E-state index contributed by atoms with van der Waals surface area (Å²) in [5.74, 6) is 1.28. The summed E-state index contributed by atoms with van der Waals surface area (Å²) in [4.78, 5) is 20.2. The molecular weight excluding hydrogens is 276 g/mol. The molecule has 5 heteroatoms. The highest BCUT2D eigenvalue weighted by Gasteiger charge is 2.20. The van der Waals surface area contributed by atoms with Gasteiger partial charge in [-0.15, -0.1) is 0 Å². The van der Waals surface area contributed by atoms with Gasteiger partial charge in [0.15, 0.2) is 0 Å². The van der Waals surface area contributed by atoms with Crippen molar-refractivity contribution >= 4 is 22.6 Å². The number of imidazole rings is 1. The Bertz CT molecular complexity index is 643. The summed E-state index contributed by atoms with van der Waals surface area (Å²) in [6.45, 7) is 4.04. The van der Waals surface area contributed by atoms with E-state index in [9.17, 15) is 4.79 Å². The molecule has 0 spiro atoms. The number of aryl methyl sites for hydroxylation is 1. The molecule has 118 valence electrons. The number of H-pyrrole nitrogens is 1. The maximum absolute atomic E-state index is 12.3. The van der Waals surface area contributed by atoms with Crippen molar-refractivity contribution in [3.05, 3.63) is 24.0 Å². The van der Waals surface area contributed by atoms with Gasteiger partial charge in [0.1, 0.15) is 5.82 Å². The molecule has 0 atom stereocenters. The minimum atomic E-state index is 0.124. The number of nitrogens with one attached hydrogen (secondary N) is 3. The van der Waals surface area contributed by atoms with Gasteiger partial charge in [-0.1, -0.05) is 13.3 Å². The predicted molar refractivity (Wildman–Crippen MR) is 88.9 cm³/mol. The number of piperidine rings is 1. The molecule has 0 aliphatic carbocycles. The van der Waals surface area contributed by atoms with E-state index in [0.29, 0.717) is 0 Å². The van der Waals surface area contributed by atoms with Crippen LogP contribution in [0.3, 0.4) is 0 Å². The van der Waals surface area contributed by atoms with Crippen molar-refractivity contribution in [2.75, 3.05) is 18.4 Å². The summed E-state index contributed by atoms with van der Waals surface area (Å²) in [6.07, 6.45) is 5.11. The standard InChI is InChI=1S/C17H24N4O/c1-2-3-4-16-20-14-6-5-13(11-15(14)21-16)19-17(22)12-7-9-18-10-8-12/h5-6,11-12,18H,2-4,7-10H2,1H3,(H,19,22)(H,20,21). The second kappa shape index (κ2) is 6.92. The molecule has 1 amide bonds. The lowest BCUT2D eigenvalue weighted by atomic mass is 9.97. The van der Waals surface area contributed by atoms with Crippen LogP contribution in [-0.2, 0) is 11.2 Å². The molecule has 0 saturated carbocycles. The molecule has 0 unspecified atom stereocenters. The lowest BCUT2D eigenvalue weighted by Crippen LogP contribution is -2.34. The van der Waals surface area contributed by atoms with Gasteiger partial charge in [0.25, 0.3) is 0 Å². The number of fused-ring (bicyclic) bond motifs is 1. The summed E-state index contributed by atoms with van der Waals surface area (Å²) in [5, 5.41) is 6.33. The Morgan fingerprint density at radius 3 is 2.95 bits per heavy atom. The van der Waals surface area contributed by atoms with E-state index in [1.165, 1.54) is 0 Å². The van der Waals surface area contributed by atoms with Crippen molar-refractivity contribution in [3.8, 4) is 0 Å². The summed E-state index contributed by atoms with van der Waals surface area (Å²) in [6, 6.07) is 5.89. The van der Waals surface area contributed by atoms with Crippen LogP contribution in [0, 0.1) is 5.92 Å². The lowest BCUT2D eigenvalue weighted by molar-refractivity contribution is -0.120. The summed E-state index contributed by atoms with van der Waals surface area (Å²) < 4.78 is 0. The third kappa shape index (κ3) is 3.47. The third-order valence-electron chi connectivity index (χ3n) is 4.28. The molecule has 1 aromatic heterocycles. The van der Waals surface area contributed by atoms with Crippen LogP contribution >= 0.6 is 0 Å². The number of carbonyl (C=O) groups excluding carboxylic acids is 1. The van der Waals surface area contributed by atoms with Gasteiger partial charge in [-0.3, -0.25) is 4.79 Å². The van der Waals surface area contributed by atoms with Gasteiger partial charge in [0.2, 0.25) is 5.91 Å². The molecule has 1 aliphatic heterocycles. The predicted octanol–water partition coefficient (Wildman–Crippen LogP) is 2.84. The minimum absolute atomic E-state index is 0.124. The van der Waals surface area contributed by atoms with E-state index >= 15 is 0 Å². The molecule has 1 aromatic carbocycles. The number of aromatic amines is 1. The Labute approximate surface area is 130 Å². The van der Waals surface area contributed by atoms with Crippen molar-refractivity contribution in [2.45, 2.75) is 39.0 Å². The summed E-state index contributed by atoms with van der Waals surface area (Å²) in [7, 11) is 0. The van der Waals surface area contributed by atoms with Gasteiger partial charge in [0, 0.05) is 18.0 Å². The number of rotatable bonds is 5. The summed E-state index contributed by atoms with van der Waals surface area (Å²) >= 11 is 0. The van der Waals surface area contributed by atoms with E-state index < -0.39 is 0 Å². The Morgan fingerprint density at radius 1 is 1.36 bits per heavy atom. The molecule has 0 bridgehead atoms. The van der Waals surface area contributed by atoms with Crippen LogP contribution in [0.25, 0.3) is 11.0 Å². The fraction of sp³-hybridized carbons (Fsp3) is 0.529. The van der Waals surface area contributed by atoms with Crippen LogP contribution in [0.5, 0.6) is 0 Å². The van der Waals surface area contributed by atoms with E-state index in [2.05, 4.69) is 27.5 Å². The molecule has 2 aromatic rings. The Balaban J connectivity index is 1.69. The number of benzene rings is 1. The van der Waals surface area contributed by atoms with Gasteiger partial charge >= 0.3 is 0 Å². The van der Waals surface area contributed by atoms with Crippen molar-refractivity contribution in [1.29, 1.82) is 0 Å². The normalized spacial score (nSPS) is 16.0. The first-order valence-corrected chi connectivity index (χ1v) is 8.26. The highest BCUT2D eigenvalue weighted by atomic mass is 16.1. The van der Waals surface area contributed by atoms with Crippen LogP contribution in [0.15, 0.2) is 18.2 Å². The maximum Gasteiger partial charge on any atom is 0.227 e. The van der Waals surface area contributed by atoms with Gasteiger partial charge in [0.05, 0.1) is 11.0 Å². The monoisotopic (exact) mass is 300 g/mol. The van der Waals surface area contributed by atoms with Crippen LogP contribution in [0.1, 0.15) is 38.4 Å². The van der Waals surface area contributed by atoms with E-state index in [1.807, 2.05) is 18.2 Å². The number of nitrogens with zero attached hydrogens (tertiary/aromatic N) is 1. The van der Waals surface area contributed by atoms with E-state index in [4.69, 9.17) is 0 Å². The number of aromatic nitrogens is 2. The van der Waals surface area contributed by atoms with E-state index in [-0.39, 0.29) is 11.8 Å². The first-order chi connectivity index (χ1) is 10.8. The number of anilines is 1. The van der Waals surface area contributed by atoms with Gasteiger partial charge < -0.3 is 15.6 Å². The van der Waals surface area contributed by atoms with Crippen LogP contribution in [-0.4, -0.2) is 29.0 Å². The quantitative estimate of drug-likeness (QED) is 0.795. The van der Waals surface area contributed by atoms with Crippen LogP contribution < -0.4 is 10.6 Å². The number of amides is 1.